The van der Waals surface area contributed by atoms with E-state index in [9.17, 15) is 14.7 Å². The summed E-state index contributed by atoms with van der Waals surface area (Å²) in [7, 11) is 0. The number of carboxylic acids is 1. The van der Waals surface area contributed by atoms with Crippen LogP contribution >= 0.6 is 11.3 Å². The number of hydrogen-bond acceptors (Lipinski definition) is 5. The van der Waals surface area contributed by atoms with E-state index in [-0.39, 0.29) is 11.7 Å². The number of aromatic nitrogens is 1. The average molecular weight is 294 g/mol. The van der Waals surface area contributed by atoms with Crippen LogP contribution in [0.2, 0.25) is 0 Å². The molecule has 108 valence electrons. The molecular formula is C14H18N2O3S. The predicted molar refractivity (Wildman–Crippen MR) is 76.5 cm³/mol. The van der Waals surface area contributed by atoms with Gasteiger partial charge in [0.15, 0.2) is 10.9 Å². The Morgan fingerprint density at radius 3 is 2.80 bits per heavy atom. The largest absolute Gasteiger partial charge is 0.481 e. The molecule has 1 saturated carbocycles. The average Bonchev–Trinajstić information content (AvgIpc) is 2.98. The molecule has 2 heterocycles. The molecule has 1 aliphatic carbocycles. The number of rotatable bonds is 3. The molecular weight excluding hydrogens is 276 g/mol. The highest BCUT2D eigenvalue weighted by atomic mass is 32.1. The van der Waals surface area contributed by atoms with Crippen molar-refractivity contribution in [3.05, 3.63) is 10.6 Å². The summed E-state index contributed by atoms with van der Waals surface area (Å²) >= 11 is 1.49. The maximum atomic E-state index is 11.7. The number of aryl methyl sites for hydroxylation is 1. The van der Waals surface area contributed by atoms with Gasteiger partial charge in [0.1, 0.15) is 5.69 Å². The van der Waals surface area contributed by atoms with Crippen LogP contribution < -0.4 is 4.90 Å². The van der Waals surface area contributed by atoms with E-state index < -0.39 is 11.4 Å². The van der Waals surface area contributed by atoms with E-state index in [0.29, 0.717) is 12.2 Å². The molecule has 0 unspecified atom stereocenters. The maximum Gasteiger partial charge on any atom is 0.311 e. The van der Waals surface area contributed by atoms with Gasteiger partial charge >= 0.3 is 5.97 Å². The fraction of sp³-hybridized carbons (Fsp3) is 0.643. The van der Waals surface area contributed by atoms with Gasteiger partial charge in [0.25, 0.3) is 0 Å². The third-order valence-corrected chi connectivity index (χ3v) is 5.72. The van der Waals surface area contributed by atoms with Gasteiger partial charge in [-0.2, -0.15) is 0 Å². The van der Waals surface area contributed by atoms with E-state index >= 15 is 0 Å². The number of Topliss-reactive ketones (excluding diaryl/α,β-unsaturated/α-hetero) is 1. The molecule has 0 amide bonds. The molecule has 1 saturated heterocycles. The number of nitrogens with zero attached hydrogens (tertiary/aromatic N) is 2. The Labute approximate surface area is 121 Å². The van der Waals surface area contributed by atoms with Crippen molar-refractivity contribution in [2.24, 2.45) is 11.3 Å². The van der Waals surface area contributed by atoms with Crippen molar-refractivity contribution in [2.75, 3.05) is 18.0 Å². The van der Waals surface area contributed by atoms with Crippen molar-refractivity contribution in [3.63, 3.8) is 0 Å². The van der Waals surface area contributed by atoms with E-state index in [2.05, 4.69) is 9.88 Å². The number of thiazole rings is 1. The van der Waals surface area contributed by atoms with Crippen LogP contribution in [0.5, 0.6) is 0 Å². The fourth-order valence-corrected chi connectivity index (χ4v) is 4.59. The Kier molecular flexibility index (Phi) is 3.08. The van der Waals surface area contributed by atoms with Gasteiger partial charge in [-0.15, -0.1) is 11.3 Å². The molecule has 2 atom stereocenters. The van der Waals surface area contributed by atoms with E-state index in [1.165, 1.54) is 18.3 Å². The van der Waals surface area contributed by atoms with Crippen molar-refractivity contribution < 1.29 is 14.7 Å². The first kappa shape index (κ1) is 13.5. The van der Waals surface area contributed by atoms with E-state index in [0.717, 1.165) is 35.8 Å². The van der Waals surface area contributed by atoms with E-state index in [1.54, 1.807) is 0 Å². The number of fused-ring (bicyclic) bond motifs is 1. The fourth-order valence-electron chi connectivity index (χ4n) is 3.63. The number of anilines is 1. The monoisotopic (exact) mass is 294 g/mol. The molecule has 6 heteroatoms. The lowest BCUT2D eigenvalue weighted by Gasteiger charge is -2.23. The molecule has 0 radical (unpaired) electrons. The molecule has 20 heavy (non-hydrogen) atoms. The number of carbonyl (C=O) groups excluding carboxylic acids is 1. The lowest BCUT2D eigenvalue weighted by Crippen LogP contribution is -2.35. The SMILES string of the molecule is CC(=O)c1nc(N2C[C@@H]3CCC[C@@]3(C(=O)O)C2)sc1C. The second-order valence-corrected chi connectivity index (χ2v) is 7.07. The minimum absolute atomic E-state index is 0.0302. The Hall–Kier alpha value is -1.43. The molecule has 1 aromatic heterocycles. The highest BCUT2D eigenvalue weighted by Gasteiger charge is 2.55. The first-order valence-electron chi connectivity index (χ1n) is 6.91. The number of hydrogen-bond donors (Lipinski definition) is 1. The van der Waals surface area contributed by atoms with Gasteiger partial charge < -0.3 is 10.0 Å². The van der Waals surface area contributed by atoms with Crippen LogP contribution in [-0.4, -0.2) is 34.9 Å². The molecule has 0 bridgehead atoms. The molecule has 0 spiro atoms. The molecule has 1 aromatic rings. The summed E-state index contributed by atoms with van der Waals surface area (Å²) in [6.07, 6.45) is 2.74. The summed E-state index contributed by atoms with van der Waals surface area (Å²) < 4.78 is 0. The molecule has 2 aliphatic rings. The first-order valence-corrected chi connectivity index (χ1v) is 7.72. The highest BCUT2D eigenvalue weighted by Crippen LogP contribution is 2.50. The maximum absolute atomic E-state index is 11.7. The summed E-state index contributed by atoms with van der Waals surface area (Å²) in [5.74, 6) is -0.495. The molecule has 1 aliphatic heterocycles. The summed E-state index contributed by atoms with van der Waals surface area (Å²) in [4.78, 5) is 30.5. The van der Waals surface area contributed by atoms with Gasteiger partial charge in [-0.1, -0.05) is 6.42 Å². The number of aliphatic carboxylic acids is 1. The second-order valence-electron chi connectivity index (χ2n) is 5.89. The summed E-state index contributed by atoms with van der Waals surface area (Å²) in [6, 6.07) is 0. The number of ketones is 1. The van der Waals surface area contributed by atoms with Crippen molar-refractivity contribution in [2.45, 2.75) is 33.1 Å². The van der Waals surface area contributed by atoms with Crippen LogP contribution in [0.15, 0.2) is 0 Å². The van der Waals surface area contributed by atoms with Crippen LogP contribution in [0.4, 0.5) is 5.13 Å². The van der Waals surface area contributed by atoms with Gasteiger partial charge in [0, 0.05) is 24.9 Å². The quantitative estimate of drug-likeness (QED) is 0.866. The number of carboxylic acid groups (broad SMARTS) is 1. The first-order chi connectivity index (χ1) is 9.44. The smallest absolute Gasteiger partial charge is 0.311 e. The van der Waals surface area contributed by atoms with E-state index in [4.69, 9.17) is 0 Å². The normalized spacial score (nSPS) is 28.7. The molecule has 3 rings (SSSR count). The van der Waals surface area contributed by atoms with Gasteiger partial charge in [0.2, 0.25) is 0 Å². The van der Waals surface area contributed by atoms with Crippen molar-refractivity contribution >= 4 is 28.2 Å². The number of carbonyl (C=O) groups is 2. The molecule has 5 nitrogen and oxygen atoms in total. The lowest BCUT2D eigenvalue weighted by molar-refractivity contribution is -0.149. The molecule has 1 N–H and O–H groups in total. The standard InChI is InChI=1S/C14H18N2O3S/c1-8(17)11-9(2)20-13(15-11)16-6-10-4-3-5-14(10,7-16)12(18)19/h10H,3-7H2,1-2H3,(H,18,19)/t10-,14+/m0/s1. The summed E-state index contributed by atoms with van der Waals surface area (Å²) in [5.41, 5.74) is -0.0814. The van der Waals surface area contributed by atoms with Gasteiger partial charge in [0.05, 0.1) is 5.41 Å². The van der Waals surface area contributed by atoms with Gasteiger partial charge in [-0.05, 0) is 25.7 Å². The minimum atomic E-state index is -0.678. The van der Waals surface area contributed by atoms with Gasteiger partial charge in [-0.25, -0.2) is 4.98 Å². The Morgan fingerprint density at radius 1 is 1.50 bits per heavy atom. The van der Waals surface area contributed by atoms with Crippen LogP contribution in [-0.2, 0) is 4.79 Å². The Morgan fingerprint density at radius 2 is 2.25 bits per heavy atom. The zero-order valence-electron chi connectivity index (χ0n) is 11.7. The lowest BCUT2D eigenvalue weighted by atomic mass is 9.81. The molecule has 2 fully saturated rings. The van der Waals surface area contributed by atoms with Crippen molar-refractivity contribution in [1.82, 2.24) is 4.98 Å². The Balaban J connectivity index is 1.89. The molecule has 0 aromatic carbocycles. The van der Waals surface area contributed by atoms with Crippen LogP contribution in [0.1, 0.15) is 41.6 Å². The predicted octanol–water partition coefficient (Wildman–Crippen LogP) is 2.35. The Bertz CT molecular complexity index is 583. The second kappa shape index (κ2) is 4.55. The third-order valence-electron chi connectivity index (χ3n) is 4.69. The zero-order chi connectivity index (χ0) is 14.5. The van der Waals surface area contributed by atoms with Crippen molar-refractivity contribution in [3.8, 4) is 0 Å². The van der Waals surface area contributed by atoms with Gasteiger partial charge in [-0.3, -0.25) is 9.59 Å². The zero-order valence-corrected chi connectivity index (χ0v) is 12.5. The summed E-state index contributed by atoms with van der Waals surface area (Å²) in [5, 5.41) is 10.4. The van der Waals surface area contributed by atoms with Crippen LogP contribution in [0, 0.1) is 18.3 Å². The third kappa shape index (κ3) is 1.85. The van der Waals surface area contributed by atoms with Crippen molar-refractivity contribution in [1.29, 1.82) is 0 Å². The summed E-state index contributed by atoms with van der Waals surface area (Å²) in [6.45, 7) is 4.68. The topological polar surface area (TPSA) is 70.5 Å². The van der Waals surface area contributed by atoms with E-state index in [1.807, 2.05) is 6.92 Å². The van der Waals surface area contributed by atoms with Crippen LogP contribution in [0.3, 0.4) is 0 Å². The highest BCUT2D eigenvalue weighted by molar-refractivity contribution is 7.15. The van der Waals surface area contributed by atoms with Crippen LogP contribution in [0.25, 0.3) is 0 Å². The minimum Gasteiger partial charge on any atom is -0.481 e.